The van der Waals surface area contributed by atoms with Crippen LogP contribution in [0, 0.1) is 0 Å². The summed E-state index contributed by atoms with van der Waals surface area (Å²) in [5.41, 5.74) is 1.59. The average molecular weight is 509 g/mol. The van der Waals surface area contributed by atoms with E-state index in [1.165, 1.54) is 0 Å². The van der Waals surface area contributed by atoms with E-state index in [1.807, 2.05) is 69.3 Å². The molecule has 0 radical (unpaired) electrons. The highest BCUT2D eigenvalue weighted by Crippen LogP contribution is 2.28. The van der Waals surface area contributed by atoms with Crippen LogP contribution in [0.3, 0.4) is 0 Å². The zero-order chi connectivity index (χ0) is 26.8. The zero-order valence-electron chi connectivity index (χ0n) is 22.4. The molecule has 7 nitrogen and oxygen atoms in total. The summed E-state index contributed by atoms with van der Waals surface area (Å²) in [6.07, 6.45) is 2.46. The number of benzene rings is 2. The van der Waals surface area contributed by atoms with Crippen molar-refractivity contribution in [1.82, 2.24) is 10.2 Å². The Balaban J connectivity index is 1.80. The van der Waals surface area contributed by atoms with Crippen molar-refractivity contribution in [3.63, 3.8) is 0 Å². The summed E-state index contributed by atoms with van der Waals surface area (Å²) in [5, 5.41) is 3.31. The summed E-state index contributed by atoms with van der Waals surface area (Å²) in [5.74, 6) is -0.934. The second-order valence-electron chi connectivity index (χ2n) is 10.5. The number of nitrogens with zero attached hydrogens (tertiary/aromatic N) is 1. The molecule has 37 heavy (non-hydrogen) atoms. The predicted molar refractivity (Wildman–Crippen MR) is 143 cm³/mol. The number of carbonyl (C=O) groups excluding carboxylic acids is 3. The highest BCUT2D eigenvalue weighted by atomic mass is 16.6. The fourth-order valence-corrected chi connectivity index (χ4v) is 4.69. The lowest BCUT2D eigenvalue weighted by atomic mass is 9.93. The number of amides is 1. The second-order valence-corrected chi connectivity index (χ2v) is 10.5. The number of esters is 2. The van der Waals surface area contributed by atoms with Gasteiger partial charge < -0.3 is 14.4 Å². The quantitative estimate of drug-likeness (QED) is 0.483. The minimum absolute atomic E-state index is 0.0738. The average Bonchev–Trinajstić information content (AvgIpc) is 3.00. The van der Waals surface area contributed by atoms with Gasteiger partial charge in [-0.15, -0.1) is 0 Å². The Morgan fingerprint density at radius 1 is 1.03 bits per heavy atom. The van der Waals surface area contributed by atoms with Crippen LogP contribution in [-0.4, -0.2) is 60.1 Å². The minimum atomic E-state index is -0.644. The monoisotopic (exact) mass is 508 g/mol. The van der Waals surface area contributed by atoms with E-state index in [2.05, 4.69) is 17.4 Å². The number of rotatable bonds is 10. The molecule has 1 aliphatic rings. The number of likely N-dealkylation sites (tertiary alicyclic amines) is 1. The Kier molecular flexibility index (Phi) is 10.3. The van der Waals surface area contributed by atoms with E-state index in [-0.39, 0.29) is 30.9 Å². The van der Waals surface area contributed by atoms with Gasteiger partial charge in [0, 0.05) is 12.5 Å². The molecule has 0 spiro atoms. The molecule has 1 amide bonds. The maximum atomic E-state index is 13.7. The first-order chi connectivity index (χ1) is 17.7. The first-order valence-corrected chi connectivity index (χ1v) is 13.2. The van der Waals surface area contributed by atoms with Crippen LogP contribution >= 0.6 is 0 Å². The van der Waals surface area contributed by atoms with Crippen molar-refractivity contribution in [3.8, 4) is 0 Å². The first-order valence-electron chi connectivity index (χ1n) is 13.2. The molecule has 1 fully saturated rings. The van der Waals surface area contributed by atoms with Gasteiger partial charge in [-0.3, -0.25) is 19.7 Å². The van der Waals surface area contributed by atoms with Crippen LogP contribution in [0.1, 0.15) is 64.0 Å². The molecule has 2 aromatic rings. The second kappa shape index (κ2) is 13.4. The van der Waals surface area contributed by atoms with Gasteiger partial charge in [0.25, 0.3) is 0 Å². The predicted octanol–water partition coefficient (Wildman–Crippen LogP) is 4.26. The topological polar surface area (TPSA) is 84.9 Å². The lowest BCUT2D eigenvalue weighted by Crippen LogP contribution is -2.53. The molecule has 3 unspecified atom stereocenters. The van der Waals surface area contributed by atoms with Crippen molar-refractivity contribution >= 4 is 17.8 Å². The number of hydrogen-bond acceptors (Lipinski definition) is 6. The lowest BCUT2D eigenvalue weighted by Gasteiger charge is -2.29. The van der Waals surface area contributed by atoms with Gasteiger partial charge in [-0.05, 0) is 64.5 Å². The molecule has 3 rings (SSSR count). The van der Waals surface area contributed by atoms with Crippen molar-refractivity contribution in [1.29, 1.82) is 0 Å². The van der Waals surface area contributed by atoms with Crippen LogP contribution in [0.2, 0.25) is 0 Å². The Morgan fingerprint density at radius 2 is 1.68 bits per heavy atom. The van der Waals surface area contributed by atoms with Gasteiger partial charge in [-0.2, -0.15) is 0 Å². The molecule has 1 aliphatic heterocycles. The van der Waals surface area contributed by atoms with Gasteiger partial charge in [0.1, 0.15) is 18.2 Å². The summed E-state index contributed by atoms with van der Waals surface area (Å²) >= 11 is 0. The van der Waals surface area contributed by atoms with E-state index < -0.39 is 23.7 Å². The molecule has 0 aliphatic carbocycles. The zero-order valence-corrected chi connectivity index (χ0v) is 22.4. The normalized spacial score (nSPS) is 19.1. The molecule has 0 bridgehead atoms. The number of carbonyl (C=O) groups is 3. The van der Waals surface area contributed by atoms with Crippen molar-refractivity contribution in [2.24, 2.45) is 0 Å². The van der Waals surface area contributed by atoms with Gasteiger partial charge in [0.2, 0.25) is 5.91 Å². The third-order valence-electron chi connectivity index (χ3n) is 6.40. The van der Waals surface area contributed by atoms with Crippen LogP contribution in [0.4, 0.5) is 0 Å². The van der Waals surface area contributed by atoms with Crippen LogP contribution in [0.25, 0.3) is 0 Å². The summed E-state index contributed by atoms with van der Waals surface area (Å²) in [7, 11) is 0. The number of hydrogen-bond donors (Lipinski definition) is 1. The van der Waals surface area contributed by atoms with Gasteiger partial charge in [0.15, 0.2) is 0 Å². The molecule has 3 atom stereocenters. The largest absolute Gasteiger partial charge is 0.465 e. The van der Waals surface area contributed by atoms with Gasteiger partial charge >= 0.3 is 11.9 Å². The molecule has 1 saturated heterocycles. The summed E-state index contributed by atoms with van der Waals surface area (Å²) in [4.78, 5) is 40.8. The third kappa shape index (κ3) is 9.01. The van der Waals surface area contributed by atoms with Gasteiger partial charge in [-0.25, -0.2) is 0 Å². The summed E-state index contributed by atoms with van der Waals surface area (Å²) in [6.45, 7) is 7.74. The fourth-order valence-electron chi connectivity index (χ4n) is 4.69. The van der Waals surface area contributed by atoms with Crippen LogP contribution in [0.5, 0.6) is 0 Å². The van der Waals surface area contributed by atoms with E-state index in [0.717, 1.165) is 17.5 Å². The van der Waals surface area contributed by atoms with Crippen molar-refractivity contribution in [2.75, 3.05) is 19.7 Å². The Morgan fingerprint density at radius 3 is 2.30 bits per heavy atom. The SMILES string of the molecule is CCOC(=O)C(CCc1ccccc1)NC1CCC(c2ccccc2)CN(CC(=O)OC(C)(C)C)C1=O. The van der Waals surface area contributed by atoms with E-state index in [4.69, 9.17) is 9.47 Å². The highest BCUT2D eigenvalue weighted by molar-refractivity contribution is 5.87. The first kappa shape index (κ1) is 28.4. The number of ether oxygens (including phenoxy) is 2. The maximum absolute atomic E-state index is 13.7. The van der Waals surface area contributed by atoms with Gasteiger partial charge in [-0.1, -0.05) is 60.7 Å². The summed E-state index contributed by atoms with van der Waals surface area (Å²) < 4.78 is 10.9. The summed E-state index contributed by atoms with van der Waals surface area (Å²) in [6, 6.07) is 18.7. The highest BCUT2D eigenvalue weighted by Gasteiger charge is 2.36. The number of aryl methyl sites for hydroxylation is 1. The Bertz CT molecular complexity index is 1020. The lowest BCUT2D eigenvalue weighted by molar-refractivity contribution is -0.159. The minimum Gasteiger partial charge on any atom is -0.465 e. The molecule has 2 aromatic carbocycles. The smallest absolute Gasteiger partial charge is 0.326 e. The van der Waals surface area contributed by atoms with Crippen LogP contribution in [-0.2, 0) is 30.3 Å². The van der Waals surface area contributed by atoms with E-state index in [9.17, 15) is 14.4 Å². The van der Waals surface area contributed by atoms with E-state index >= 15 is 0 Å². The Hall–Kier alpha value is -3.19. The molecule has 0 aromatic heterocycles. The number of nitrogens with one attached hydrogen (secondary N) is 1. The molecule has 200 valence electrons. The fraction of sp³-hybridized carbons (Fsp3) is 0.500. The molecule has 0 saturated carbocycles. The molecule has 1 N–H and O–H groups in total. The van der Waals surface area contributed by atoms with Crippen LogP contribution in [0.15, 0.2) is 60.7 Å². The third-order valence-corrected chi connectivity index (χ3v) is 6.40. The maximum Gasteiger partial charge on any atom is 0.326 e. The van der Waals surface area contributed by atoms with Crippen molar-refractivity contribution in [3.05, 3.63) is 71.8 Å². The molecule has 1 heterocycles. The molecular formula is C30H40N2O5. The van der Waals surface area contributed by atoms with Crippen molar-refractivity contribution in [2.45, 2.75) is 77.0 Å². The Labute approximate surface area is 220 Å². The van der Waals surface area contributed by atoms with E-state index in [1.54, 1.807) is 11.8 Å². The van der Waals surface area contributed by atoms with Crippen molar-refractivity contribution < 1.29 is 23.9 Å². The van der Waals surface area contributed by atoms with E-state index in [0.29, 0.717) is 25.8 Å². The standard InChI is InChI=1S/C30H40N2O5/c1-5-36-29(35)26(18-16-22-12-8-6-9-13-22)31-25-19-17-24(23-14-10-7-11-15-23)20-32(28(25)34)21-27(33)37-30(2,3)4/h6-15,24-26,31H,5,16-21H2,1-4H3. The molecular weight excluding hydrogens is 468 g/mol. The van der Waals surface area contributed by atoms with Gasteiger partial charge in [0.05, 0.1) is 12.6 Å². The molecule has 7 heteroatoms. The van der Waals surface area contributed by atoms with Crippen LogP contribution < -0.4 is 5.32 Å².